The van der Waals surface area contributed by atoms with Crippen molar-refractivity contribution in [1.29, 1.82) is 0 Å². The van der Waals surface area contributed by atoms with Crippen LogP contribution < -0.4 is 10.1 Å². The molecular formula is C20H26FIN4O2. The SMILES string of the molecule is CN=C(NCc1ccc(Oc2cccnc2)c(F)c1)N(C)CC1CCOC1.I. The van der Waals surface area contributed by atoms with E-state index in [2.05, 4.69) is 20.2 Å². The molecule has 0 spiro atoms. The Hall–Kier alpha value is -1.94. The minimum Gasteiger partial charge on any atom is -0.453 e. The minimum atomic E-state index is -0.412. The molecule has 2 aromatic rings. The second-order valence-electron chi connectivity index (χ2n) is 6.57. The molecule has 2 heterocycles. The van der Waals surface area contributed by atoms with E-state index in [-0.39, 0.29) is 29.7 Å². The topological polar surface area (TPSA) is 59.0 Å². The third kappa shape index (κ3) is 6.30. The number of guanidine groups is 1. The standard InChI is InChI=1S/C20H25FN4O2.HI/c1-22-20(25(2)13-16-7-9-26-14-16)24-11-15-5-6-19(18(21)10-15)27-17-4-3-8-23-12-17;/h3-6,8,10,12,16H,7,9,11,13-14H2,1-2H3,(H,22,24);1H. The van der Waals surface area contributed by atoms with Crippen molar-refractivity contribution in [2.45, 2.75) is 13.0 Å². The van der Waals surface area contributed by atoms with Crippen molar-refractivity contribution in [2.24, 2.45) is 10.9 Å². The Bertz CT molecular complexity index is 770. The molecule has 1 aliphatic rings. The van der Waals surface area contributed by atoms with Crippen LogP contribution in [0.25, 0.3) is 0 Å². The molecule has 0 aliphatic carbocycles. The van der Waals surface area contributed by atoms with Crippen LogP contribution in [0, 0.1) is 11.7 Å². The lowest BCUT2D eigenvalue weighted by molar-refractivity contribution is 0.181. The molecule has 1 atom stereocenters. The normalized spacial score (nSPS) is 16.4. The summed E-state index contributed by atoms with van der Waals surface area (Å²) >= 11 is 0. The summed E-state index contributed by atoms with van der Waals surface area (Å²) in [7, 11) is 3.74. The van der Waals surface area contributed by atoms with Crippen molar-refractivity contribution in [1.82, 2.24) is 15.2 Å². The average molecular weight is 500 g/mol. The van der Waals surface area contributed by atoms with Crippen molar-refractivity contribution in [2.75, 3.05) is 33.9 Å². The van der Waals surface area contributed by atoms with E-state index >= 15 is 0 Å². The first-order valence-corrected chi connectivity index (χ1v) is 9.01. The number of nitrogens with zero attached hydrogens (tertiary/aromatic N) is 3. The molecule has 0 bridgehead atoms. The first-order chi connectivity index (χ1) is 13.2. The first-order valence-electron chi connectivity index (χ1n) is 9.01. The summed E-state index contributed by atoms with van der Waals surface area (Å²) in [6.45, 7) is 2.98. The number of hydrogen-bond acceptors (Lipinski definition) is 4. The van der Waals surface area contributed by atoms with Gasteiger partial charge in [-0.1, -0.05) is 6.07 Å². The largest absolute Gasteiger partial charge is 0.453 e. The van der Waals surface area contributed by atoms with E-state index in [0.717, 1.165) is 37.7 Å². The van der Waals surface area contributed by atoms with Crippen molar-refractivity contribution < 1.29 is 13.9 Å². The molecule has 1 saturated heterocycles. The number of nitrogens with one attached hydrogen (secondary N) is 1. The molecule has 1 aromatic heterocycles. The van der Waals surface area contributed by atoms with Gasteiger partial charge < -0.3 is 19.7 Å². The van der Waals surface area contributed by atoms with E-state index in [1.807, 2.05) is 13.1 Å². The van der Waals surface area contributed by atoms with Gasteiger partial charge in [-0.15, -0.1) is 24.0 Å². The lowest BCUT2D eigenvalue weighted by atomic mass is 10.1. The highest BCUT2D eigenvalue weighted by atomic mass is 127. The highest BCUT2D eigenvalue weighted by molar-refractivity contribution is 14.0. The molecule has 1 unspecified atom stereocenters. The number of aliphatic imine (C=N–C) groups is 1. The quantitative estimate of drug-likeness (QED) is 0.373. The van der Waals surface area contributed by atoms with Crippen LogP contribution in [-0.2, 0) is 11.3 Å². The van der Waals surface area contributed by atoms with Gasteiger partial charge in [-0.05, 0) is 36.2 Å². The summed E-state index contributed by atoms with van der Waals surface area (Å²) in [6, 6.07) is 8.40. The highest BCUT2D eigenvalue weighted by Crippen LogP contribution is 2.24. The van der Waals surface area contributed by atoms with Crippen LogP contribution >= 0.6 is 24.0 Å². The monoisotopic (exact) mass is 500 g/mol. The molecular weight excluding hydrogens is 474 g/mol. The van der Waals surface area contributed by atoms with Crippen molar-refractivity contribution in [3.8, 4) is 11.5 Å². The van der Waals surface area contributed by atoms with Crippen LogP contribution in [0.5, 0.6) is 11.5 Å². The van der Waals surface area contributed by atoms with Crippen LogP contribution in [0.15, 0.2) is 47.7 Å². The summed E-state index contributed by atoms with van der Waals surface area (Å²) in [6.07, 6.45) is 4.26. The van der Waals surface area contributed by atoms with Gasteiger partial charge in [0, 0.05) is 45.9 Å². The number of benzene rings is 1. The second-order valence-corrected chi connectivity index (χ2v) is 6.57. The van der Waals surface area contributed by atoms with Gasteiger partial charge in [0.05, 0.1) is 12.8 Å². The fraction of sp³-hybridized carbons (Fsp3) is 0.400. The fourth-order valence-corrected chi connectivity index (χ4v) is 3.04. The van der Waals surface area contributed by atoms with Gasteiger partial charge in [0.1, 0.15) is 5.75 Å². The van der Waals surface area contributed by atoms with Gasteiger partial charge in [-0.25, -0.2) is 4.39 Å². The second kappa shape index (κ2) is 11.2. The van der Waals surface area contributed by atoms with E-state index in [9.17, 15) is 4.39 Å². The fourth-order valence-electron chi connectivity index (χ4n) is 3.04. The maximum Gasteiger partial charge on any atom is 0.193 e. The summed E-state index contributed by atoms with van der Waals surface area (Å²) in [4.78, 5) is 10.3. The molecule has 8 heteroatoms. The molecule has 0 radical (unpaired) electrons. The lowest BCUT2D eigenvalue weighted by Crippen LogP contribution is -2.41. The maximum atomic E-state index is 14.3. The number of hydrogen-bond donors (Lipinski definition) is 1. The van der Waals surface area contributed by atoms with E-state index in [1.54, 1.807) is 37.6 Å². The smallest absolute Gasteiger partial charge is 0.193 e. The van der Waals surface area contributed by atoms with Crippen molar-refractivity contribution in [3.63, 3.8) is 0 Å². The summed E-state index contributed by atoms with van der Waals surface area (Å²) in [5.41, 5.74) is 0.810. The van der Waals surface area contributed by atoms with Crippen LogP contribution in [0.2, 0.25) is 0 Å². The number of ether oxygens (including phenoxy) is 2. The predicted molar refractivity (Wildman–Crippen MR) is 118 cm³/mol. The highest BCUT2D eigenvalue weighted by Gasteiger charge is 2.19. The van der Waals surface area contributed by atoms with Crippen LogP contribution in [0.4, 0.5) is 4.39 Å². The van der Waals surface area contributed by atoms with E-state index < -0.39 is 5.82 Å². The molecule has 0 saturated carbocycles. The predicted octanol–water partition coefficient (Wildman–Crippen LogP) is 3.67. The van der Waals surface area contributed by atoms with Gasteiger partial charge >= 0.3 is 0 Å². The molecule has 3 rings (SSSR count). The molecule has 6 nitrogen and oxygen atoms in total. The summed E-state index contributed by atoms with van der Waals surface area (Å²) in [5.74, 6) is 1.56. The molecule has 0 amide bonds. The van der Waals surface area contributed by atoms with E-state index in [4.69, 9.17) is 9.47 Å². The van der Waals surface area contributed by atoms with Gasteiger partial charge in [-0.3, -0.25) is 9.98 Å². The Balaban J connectivity index is 0.00000280. The zero-order chi connectivity index (χ0) is 19.1. The Morgan fingerprint density at radius 3 is 2.93 bits per heavy atom. The van der Waals surface area contributed by atoms with Gasteiger partial charge in [0.15, 0.2) is 17.5 Å². The Labute approximate surface area is 182 Å². The molecule has 152 valence electrons. The van der Waals surface area contributed by atoms with Crippen LogP contribution in [-0.4, -0.2) is 49.7 Å². The van der Waals surface area contributed by atoms with Crippen molar-refractivity contribution >= 4 is 29.9 Å². The van der Waals surface area contributed by atoms with Crippen LogP contribution in [0.1, 0.15) is 12.0 Å². The zero-order valence-corrected chi connectivity index (χ0v) is 18.4. The van der Waals surface area contributed by atoms with Gasteiger partial charge in [-0.2, -0.15) is 0 Å². The Morgan fingerprint density at radius 1 is 1.43 bits per heavy atom. The third-order valence-electron chi connectivity index (χ3n) is 4.44. The van der Waals surface area contributed by atoms with E-state index in [1.165, 1.54) is 6.07 Å². The number of aromatic nitrogens is 1. The maximum absolute atomic E-state index is 14.3. The Morgan fingerprint density at radius 2 is 2.29 bits per heavy atom. The number of rotatable bonds is 6. The van der Waals surface area contributed by atoms with Gasteiger partial charge in [0.2, 0.25) is 0 Å². The molecule has 1 aromatic carbocycles. The first kappa shape index (κ1) is 22.4. The van der Waals surface area contributed by atoms with Gasteiger partial charge in [0.25, 0.3) is 0 Å². The van der Waals surface area contributed by atoms with Crippen molar-refractivity contribution in [3.05, 3.63) is 54.1 Å². The zero-order valence-electron chi connectivity index (χ0n) is 16.1. The molecule has 1 N–H and O–H groups in total. The number of halogens is 2. The minimum absolute atomic E-state index is 0. The van der Waals surface area contributed by atoms with Crippen LogP contribution in [0.3, 0.4) is 0 Å². The number of pyridine rings is 1. The molecule has 28 heavy (non-hydrogen) atoms. The summed E-state index contributed by atoms with van der Waals surface area (Å²) in [5, 5.41) is 3.27. The third-order valence-corrected chi connectivity index (χ3v) is 4.44. The molecule has 1 fully saturated rings. The summed E-state index contributed by atoms with van der Waals surface area (Å²) < 4.78 is 25.3. The lowest BCUT2D eigenvalue weighted by Gasteiger charge is -2.24. The Kier molecular flexibility index (Phi) is 8.91. The average Bonchev–Trinajstić information content (AvgIpc) is 3.18. The van der Waals surface area contributed by atoms with E-state index in [0.29, 0.717) is 18.2 Å². The molecule has 1 aliphatic heterocycles.